The Morgan fingerprint density at radius 3 is 2.75 bits per heavy atom. The van der Waals surface area contributed by atoms with Crippen molar-refractivity contribution in [2.45, 2.75) is 56.6 Å². The summed E-state index contributed by atoms with van der Waals surface area (Å²) in [6.45, 7) is 5.03. The van der Waals surface area contributed by atoms with E-state index in [9.17, 15) is 9.18 Å². The van der Waals surface area contributed by atoms with Gasteiger partial charge in [0.05, 0.1) is 23.8 Å². The van der Waals surface area contributed by atoms with E-state index < -0.39 is 0 Å². The van der Waals surface area contributed by atoms with E-state index in [0.717, 1.165) is 33.7 Å². The number of hydrogen-bond acceptors (Lipinski definition) is 4. The number of rotatable bonds is 7. The summed E-state index contributed by atoms with van der Waals surface area (Å²) in [4.78, 5) is 21.9. The number of amides is 1. The Kier molecular flexibility index (Phi) is 7.37. The quantitative estimate of drug-likeness (QED) is 0.295. The van der Waals surface area contributed by atoms with E-state index in [1.54, 1.807) is 36.3 Å². The number of aromatic nitrogens is 3. The Morgan fingerprint density at radius 2 is 1.94 bits per heavy atom. The standard InChI is InChI=1S/C29H31FN4OS/c1-19-5-3-8-25(20(19)2)32-28(35)23-11-9-21(10-12-23)18-36-29-33-26-13-14-31-16-27(26)34(29)17-22-6-4-7-24(30)15-22/h4,6-7,9-16,19-20,25H,3,5,8,17-18H2,1-2H3,(H,32,35)/t19-,20+,25+/m1/s1. The molecule has 0 unspecified atom stereocenters. The highest BCUT2D eigenvalue weighted by atomic mass is 32.2. The topological polar surface area (TPSA) is 59.8 Å². The molecule has 0 spiro atoms. The summed E-state index contributed by atoms with van der Waals surface area (Å²) in [6.07, 6.45) is 7.00. The molecule has 1 saturated carbocycles. The van der Waals surface area contributed by atoms with Crippen LogP contribution in [0, 0.1) is 17.7 Å². The Labute approximate surface area is 215 Å². The number of fused-ring (bicyclic) bond motifs is 1. The fourth-order valence-corrected chi connectivity index (χ4v) is 5.94. The van der Waals surface area contributed by atoms with Gasteiger partial charge in [0.25, 0.3) is 5.91 Å². The number of nitrogens with zero attached hydrogens (tertiary/aromatic N) is 3. The Morgan fingerprint density at radius 1 is 1.11 bits per heavy atom. The summed E-state index contributed by atoms with van der Waals surface area (Å²) < 4.78 is 15.8. The third-order valence-electron chi connectivity index (χ3n) is 7.35. The lowest BCUT2D eigenvalue weighted by Gasteiger charge is -2.34. The maximum atomic E-state index is 13.8. The summed E-state index contributed by atoms with van der Waals surface area (Å²) in [5.41, 5.74) is 4.46. The zero-order chi connectivity index (χ0) is 25.1. The molecule has 0 aliphatic heterocycles. The van der Waals surface area contributed by atoms with E-state index in [2.05, 4.69) is 28.7 Å². The zero-order valence-corrected chi connectivity index (χ0v) is 21.5. The first kappa shape index (κ1) is 24.5. The predicted molar refractivity (Wildman–Crippen MR) is 142 cm³/mol. The molecule has 4 aromatic rings. The van der Waals surface area contributed by atoms with Crippen molar-refractivity contribution in [1.29, 1.82) is 0 Å². The van der Waals surface area contributed by atoms with Crippen LogP contribution in [0.2, 0.25) is 0 Å². The van der Waals surface area contributed by atoms with Gasteiger partial charge in [0, 0.05) is 23.6 Å². The van der Waals surface area contributed by atoms with Crippen LogP contribution >= 0.6 is 11.8 Å². The Hall–Kier alpha value is -3.19. The van der Waals surface area contributed by atoms with Gasteiger partial charge in [-0.3, -0.25) is 9.78 Å². The molecule has 0 saturated heterocycles. The molecule has 0 bridgehead atoms. The van der Waals surface area contributed by atoms with Gasteiger partial charge in [-0.2, -0.15) is 0 Å². The summed E-state index contributed by atoms with van der Waals surface area (Å²) in [6, 6.07) is 16.6. The summed E-state index contributed by atoms with van der Waals surface area (Å²) in [7, 11) is 0. The monoisotopic (exact) mass is 502 g/mol. The molecular weight excluding hydrogens is 471 g/mol. The smallest absolute Gasteiger partial charge is 0.251 e. The van der Waals surface area contributed by atoms with Crippen LogP contribution in [-0.4, -0.2) is 26.5 Å². The van der Waals surface area contributed by atoms with Gasteiger partial charge < -0.3 is 9.88 Å². The Bertz CT molecular complexity index is 1350. The summed E-state index contributed by atoms with van der Waals surface area (Å²) in [5, 5.41) is 4.10. The summed E-state index contributed by atoms with van der Waals surface area (Å²) in [5.74, 6) is 1.61. The molecule has 7 heteroatoms. The largest absolute Gasteiger partial charge is 0.349 e. The van der Waals surface area contributed by atoms with Crippen molar-refractivity contribution in [3.8, 4) is 0 Å². The molecule has 1 amide bonds. The van der Waals surface area contributed by atoms with E-state index in [1.807, 2.05) is 36.4 Å². The number of imidazole rings is 1. The van der Waals surface area contributed by atoms with E-state index >= 15 is 0 Å². The van der Waals surface area contributed by atoms with Crippen LogP contribution in [0.3, 0.4) is 0 Å². The number of benzene rings is 2. The zero-order valence-electron chi connectivity index (χ0n) is 20.7. The van der Waals surface area contributed by atoms with Crippen molar-refractivity contribution in [2.24, 2.45) is 11.8 Å². The molecule has 3 atom stereocenters. The normalized spacial score (nSPS) is 19.9. The van der Waals surface area contributed by atoms with Crippen molar-refractivity contribution in [3.63, 3.8) is 0 Å². The molecule has 1 aliphatic carbocycles. The predicted octanol–water partition coefficient (Wildman–Crippen LogP) is 6.47. The second-order valence-electron chi connectivity index (χ2n) is 9.81. The van der Waals surface area contributed by atoms with Crippen LogP contribution in [0.25, 0.3) is 11.0 Å². The van der Waals surface area contributed by atoms with Crippen molar-refractivity contribution >= 4 is 28.7 Å². The average Bonchev–Trinajstić information content (AvgIpc) is 3.23. The van der Waals surface area contributed by atoms with Gasteiger partial charge in [-0.25, -0.2) is 9.37 Å². The molecule has 0 radical (unpaired) electrons. The first-order chi connectivity index (χ1) is 17.5. The van der Waals surface area contributed by atoms with Gasteiger partial charge in [0.2, 0.25) is 0 Å². The van der Waals surface area contributed by atoms with Crippen LogP contribution < -0.4 is 5.32 Å². The van der Waals surface area contributed by atoms with Gasteiger partial charge in [-0.15, -0.1) is 0 Å². The highest BCUT2D eigenvalue weighted by Crippen LogP contribution is 2.30. The molecule has 1 fully saturated rings. The molecule has 2 heterocycles. The molecule has 2 aromatic carbocycles. The van der Waals surface area contributed by atoms with Crippen LogP contribution in [0.1, 0.15) is 54.6 Å². The molecule has 1 N–H and O–H groups in total. The first-order valence-electron chi connectivity index (χ1n) is 12.6. The minimum Gasteiger partial charge on any atom is -0.349 e. The van der Waals surface area contributed by atoms with Crippen LogP contribution in [0.4, 0.5) is 4.39 Å². The van der Waals surface area contributed by atoms with Crippen LogP contribution in [0.15, 0.2) is 72.1 Å². The molecular formula is C29H31FN4OS. The lowest BCUT2D eigenvalue weighted by molar-refractivity contribution is 0.0891. The second kappa shape index (κ2) is 10.8. The number of carbonyl (C=O) groups excluding carboxylic acids is 1. The lowest BCUT2D eigenvalue weighted by Crippen LogP contribution is -2.43. The molecule has 5 rings (SSSR count). The number of pyridine rings is 1. The van der Waals surface area contributed by atoms with Gasteiger partial charge >= 0.3 is 0 Å². The second-order valence-corrected chi connectivity index (χ2v) is 10.8. The molecule has 2 aromatic heterocycles. The average molecular weight is 503 g/mol. The molecule has 5 nitrogen and oxygen atoms in total. The van der Waals surface area contributed by atoms with E-state index in [-0.39, 0.29) is 17.8 Å². The van der Waals surface area contributed by atoms with Gasteiger partial charge in [0.15, 0.2) is 5.16 Å². The van der Waals surface area contributed by atoms with Crippen LogP contribution in [0.5, 0.6) is 0 Å². The van der Waals surface area contributed by atoms with Crippen molar-refractivity contribution in [1.82, 2.24) is 19.9 Å². The highest BCUT2D eigenvalue weighted by Gasteiger charge is 2.28. The van der Waals surface area contributed by atoms with E-state index in [1.165, 1.54) is 18.9 Å². The number of thioether (sulfide) groups is 1. The van der Waals surface area contributed by atoms with E-state index in [4.69, 9.17) is 4.98 Å². The van der Waals surface area contributed by atoms with E-state index in [0.29, 0.717) is 29.7 Å². The van der Waals surface area contributed by atoms with Crippen molar-refractivity contribution < 1.29 is 9.18 Å². The third-order valence-corrected chi connectivity index (χ3v) is 8.40. The lowest BCUT2D eigenvalue weighted by atomic mass is 9.78. The van der Waals surface area contributed by atoms with Gasteiger partial charge in [-0.1, -0.05) is 62.7 Å². The number of halogens is 1. The maximum absolute atomic E-state index is 13.8. The minimum absolute atomic E-state index is 0.00420. The Balaban J connectivity index is 1.27. The molecule has 1 aliphatic rings. The fraction of sp³-hybridized carbons (Fsp3) is 0.345. The first-order valence-corrected chi connectivity index (χ1v) is 13.5. The highest BCUT2D eigenvalue weighted by molar-refractivity contribution is 7.98. The van der Waals surface area contributed by atoms with Crippen LogP contribution in [-0.2, 0) is 12.3 Å². The third kappa shape index (κ3) is 5.46. The van der Waals surface area contributed by atoms with Crippen molar-refractivity contribution in [2.75, 3.05) is 0 Å². The van der Waals surface area contributed by atoms with Gasteiger partial charge in [0.1, 0.15) is 5.82 Å². The molecule has 186 valence electrons. The maximum Gasteiger partial charge on any atom is 0.251 e. The fourth-order valence-electron chi connectivity index (χ4n) is 4.97. The minimum atomic E-state index is -0.249. The van der Waals surface area contributed by atoms with Gasteiger partial charge in [-0.05, 0) is 59.7 Å². The molecule has 36 heavy (non-hydrogen) atoms. The SMILES string of the molecule is C[C@H]1[C@H](C)CCC[C@@H]1NC(=O)c1ccc(CSc2nc3ccncc3n2Cc2cccc(F)c2)cc1. The summed E-state index contributed by atoms with van der Waals surface area (Å²) >= 11 is 1.62. The van der Waals surface area contributed by atoms with Crippen molar-refractivity contribution in [3.05, 3.63) is 89.5 Å². The number of hydrogen-bond donors (Lipinski definition) is 1. The number of carbonyl (C=O) groups is 1. The number of nitrogens with one attached hydrogen (secondary N) is 1.